The number of carboxylic acids is 2. The number of aliphatic carboxylic acids is 2. The standard InChI is InChI=1S/2C3H4O2.Li.Mn.H/c2*1-2-3(4)5;;;/h2*2H,1H2,(H,4,5);;;/q;;;+2;/p-2. The average Bonchev–Trinajstić information content (AvgIpc) is 1.89. The van der Waals surface area contributed by atoms with Crippen LogP contribution in [-0.4, -0.2) is 30.8 Å². The van der Waals surface area contributed by atoms with Crippen LogP contribution in [0.5, 0.6) is 0 Å². The van der Waals surface area contributed by atoms with E-state index in [2.05, 4.69) is 13.2 Å². The van der Waals surface area contributed by atoms with Gasteiger partial charge in [-0.05, 0) is 12.2 Å². The fourth-order valence-corrected chi connectivity index (χ4v) is 0. The molecule has 0 aromatic carbocycles. The van der Waals surface area contributed by atoms with Crippen molar-refractivity contribution in [3.63, 3.8) is 0 Å². The SMILES string of the molecule is C=CC(=O)[O-].C=CC(=O)[O-].[LiH].[Mn+2]. The van der Waals surface area contributed by atoms with Crippen molar-refractivity contribution in [2.24, 2.45) is 0 Å². The van der Waals surface area contributed by atoms with Gasteiger partial charge < -0.3 is 19.8 Å². The van der Waals surface area contributed by atoms with Crippen molar-refractivity contribution >= 4 is 30.8 Å². The third-order valence-corrected chi connectivity index (χ3v) is 0.333. The molecule has 1 radical (unpaired) electrons. The van der Waals surface area contributed by atoms with Crippen molar-refractivity contribution in [3.8, 4) is 0 Å². The minimum atomic E-state index is -1.23. The molecule has 0 amide bonds. The van der Waals surface area contributed by atoms with Crippen LogP contribution in [0.4, 0.5) is 0 Å². The molecule has 0 aliphatic rings. The summed E-state index contributed by atoms with van der Waals surface area (Å²) < 4.78 is 0. The molecule has 0 heterocycles. The Hall–Kier alpha value is -0.463. The minimum absolute atomic E-state index is 0. The Morgan fingerprint density at radius 2 is 1.08 bits per heavy atom. The van der Waals surface area contributed by atoms with Gasteiger partial charge in [0.05, 0.1) is 11.9 Å². The Labute approximate surface area is 93.0 Å². The fraction of sp³-hybridized carbons (Fsp3) is 0. The number of hydrogen-bond donors (Lipinski definition) is 0. The van der Waals surface area contributed by atoms with E-state index in [0.29, 0.717) is 0 Å². The minimum Gasteiger partial charge on any atom is 2.00 e. The average molecular weight is 205 g/mol. The molecule has 0 saturated carbocycles. The van der Waals surface area contributed by atoms with E-state index in [-0.39, 0.29) is 35.9 Å². The van der Waals surface area contributed by atoms with E-state index < -0.39 is 11.9 Å². The topological polar surface area (TPSA) is 80.3 Å². The molecule has 6 heteroatoms. The first-order valence-corrected chi connectivity index (χ1v) is 2.21. The monoisotopic (exact) mass is 205 g/mol. The quantitative estimate of drug-likeness (QED) is 0.360. The molecule has 0 aromatic heterocycles. The van der Waals surface area contributed by atoms with E-state index >= 15 is 0 Å². The van der Waals surface area contributed by atoms with Crippen molar-refractivity contribution < 1.29 is 36.9 Å². The zero-order valence-electron chi connectivity index (χ0n) is 5.58. The van der Waals surface area contributed by atoms with Crippen LogP contribution in [-0.2, 0) is 26.7 Å². The van der Waals surface area contributed by atoms with Gasteiger partial charge >= 0.3 is 35.9 Å². The van der Waals surface area contributed by atoms with Crippen LogP contribution in [0.2, 0.25) is 0 Å². The second-order valence-electron chi connectivity index (χ2n) is 1.05. The van der Waals surface area contributed by atoms with Gasteiger partial charge in [-0.15, -0.1) is 0 Å². The summed E-state index contributed by atoms with van der Waals surface area (Å²) >= 11 is 0. The molecule has 63 valence electrons. The molecule has 0 atom stereocenters. The smallest absolute Gasteiger partial charge is 2.00 e. The fourth-order valence-electron chi connectivity index (χ4n) is 0. The predicted octanol–water partition coefficient (Wildman–Crippen LogP) is -2.81. The van der Waals surface area contributed by atoms with Gasteiger partial charge in [-0.25, -0.2) is 0 Å². The zero-order chi connectivity index (χ0) is 8.57. The predicted molar refractivity (Wildman–Crippen MR) is 37.6 cm³/mol. The second-order valence-corrected chi connectivity index (χ2v) is 1.05. The number of carbonyl (C=O) groups is 2. The van der Waals surface area contributed by atoms with E-state index in [1.807, 2.05) is 0 Å². The summed E-state index contributed by atoms with van der Waals surface area (Å²) in [5, 5.41) is 18.3. The summed E-state index contributed by atoms with van der Waals surface area (Å²) in [6, 6.07) is 0. The summed E-state index contributed by atoms with van der Waals surface area (Å²) in [5.74, 6) is -2.46. The third-order valence-electron chi connectivity index (χ3n) is 0.333. The van der Waals surface area contributed by atoms with Crippen LogP contribution in [0.15, 0.2) is 25.3 Å². The summed E-state index contributed by atoms with van der Waals surface area (Å²) in [6.07, 6.45) is 1.44. The summed E-state index contributed by atoms with van der Waals surface area (Å²) in [6.45, 7) is 5.80. The molecule has 0 N–H and O–H groups in total. The molecular formula is C6H7LiMnO4. The normalized spacial score (nSPS) is 5.33. The van der Waals surface area contributed by atoms with E-state index in [1.54, 1.807) is 0 Å². The van der Waals surface area contributed by atoms with Gasteiger partial charge in [-0.3, -0.25) is 0 Å². The molecule has 0 rings (SSSR count). The van der Waals surface area contributed by atoms with Crippen LogP contribution in [0.1, 0.15) is 0 Å². The van der Waals surface area contributed by atoms with Gasteiger partial charge in [0.15, 0.2) is 0 Å². The largest absolute Gasteiger partial charge is 2.00 e. The van der Waals surface area contributed by atoms with Crippen LogP contribution in [0, 0.1) is 0 Å². The van der Waals surface area contributed by atoms with Crippen molar-refractivity contribution in [2.75, 3.05) is 0 Å². The van der Waals surface area contributed by atoms with E-state index in [9.17, 15) is 0 Å². The summed E-state index contributed by atoms with van der Waals surface area (Å²) in [5.41, 5.74) is 0. The third kappa shape index (κ3) is 55.6. The van der Waals surface area contributed by atoms with Gasteiger partial charge in [0.2, 0.25) is 0 Å². The molecule has 0 aliphatic carbocycles. The zero-order valence-corrected chi connectivity index (χ0v) is 6.76. The van der Waals surface area contributed by atoms with Gasteiger partial charge in [0, 0.05) is 0 Å². The number of carbonyl (C=O) groups excluding carboxylic acids is 2. The first-order valence-electron chi connectivity index (χ1n) is 2.21. The Balaban J connectivity index is -0.0000000457. The molecule has 0 bridgehead atoms. The van der Waals surface area contributed by atoms with Crippen molar-refractivity contribution in [2.45, 2.75) is 0 Å². The Bertz CT molecular complexity index is 140. The molecule has 0 aromatic rings. The van der Waals surface area contributed by atoms with E-state index in [1.165, 1.54) is 0 Å². The number of rotatable bonds is 2. The van der Waals surface area contributed by atoms with Gasteiger partial charge in [0.1, 0.15) is 0 Å². The van der Waals surface area contributed by atoms with E-state index in [0.717, 1.165) is 12.2 Å². The molecule has 0 spiro atoms. The molecular weight excluding hydrogens is 198 g/mol. The summed E-state index contributed by atoms with van der Waals surface area (Å²) in [7, 11) is 0. The van der Waals surface area contributed by atoms with Gasteiger partial charge in [-0.1, -0.05) is 13.2 Å². The van der Waals surface area contributed by atoms with Crippen LogP contribution < -0.4 is 10.2 Å². The van der Waals surface area contributed by atoms with Crippen LogP contribution >= 0.6 is 0 Å². The van der Waals surface area contributed by atoms with Gasteiger partial charge in [-0.2, -0.15) is 0 Å². The number of hydrogen-bond acceptors (Lipinski definition) is 4. The Kier molecular flexibility index (Phi) is 31.7. The molecule has 4 nitrogen and oxygen atoms in total. The second kappa shape index (κ2) is 16.9. The van der Waals surface area contributed by atoms with Crippen molar-refractivity contribution in [1.29, 1.82) is 0 Å². The molecule has 0 saturated heterocycles. The Morgan fingerprint density at radius 1 is 1.00 bits per heavy atom. The van der Waals surface area contributed by atoms with Crippen molar-refractivity contribution in [1.82, 2.24) is 0 Å². The van der Waals surface area contributed by atoms with Crippen LogP contribution in [0.3, 0.4) is 0 Å². The summed E-state index contributed by atoms with van der Waals surface area (Å²) in [4.78, 5) is 18.3. The van der Waals surface area contributed by atoms with Crippen molar-refractivity contribution in [3.05, 3.63) is 25.3 Å². The maximum atomic E-state index is 9.14. The van der Waals surface area contributed by atoms with E-state index in [4.69, 9.17) is 19.8 Å². The Morgan fingerprint density at radius 3 is 1.08 bits per heavy atom. The van der Waals surface area contributed by atoms with Crippen LogP contribution in [0.25, 0.3) is 0 Å². The first-order chi connectivity index (χ1) is 4.54. The first kappa shape index (κ1) is 22.5. The van der Waals surface area contributed by atoms with Gasteiger partial charge in [0.25, 0.3) is 0 Å². The molecule has 0 aliphatic heterocycles. The maximum Gasteiger partial charge on any atom is 2.00 e. The molecule has 0 fully saturated rings. The molecule has 0 unspecified atom stereocenters. The number of carboxylic acid groups (broad SMARTS) is 2. The molecule has 12 heavy (non-hydrogen) atoms. The maximum absolute atomic E-state index is 9.14.